The van der Waals surface area contributed by atoms with E-state index in [4.69, 9.17) is 5.73 Å². The van der Waals surface area contributed by atoms with E-state index >= 15 is 0 Å². The van der Waals surface area contributed by atoms with Crippen LogP contribution in [0.1, 0.15) is 22.6 Å². The molecular weight excluding hydrogens is 304 g/mol. The van der Waals surface area contributed by atoms with Crippen molar-refractivity contribution >= 4 is 16.8 Å². The number of nitrogens with two attached hydrogens (primary N) is 1. The average Bonchev–Trinajstić information content (AvgIpc) is 3.20. The summed E-state index contributed by atoms with van der Waals surface area (Å²) in [5, 5.41) is 9.30. The summed E-state index contributed by atoms with van der Waals surface area (Å²) in [5.74, 6) is -0.106. The zero-order chi connectivity index (χ0) is 16.7. The van der Waals surface area contributed by atoms with E-state index in [-0.39, 0.29) is 11.9 Å². The van der Waals surface area contributed by atoms with Crippen molar-refractivity contribution in [3.8, 4) is 5.69 Å². The molecule has 1 atom stereocenters. The number of carbonyl (C=O) groups excluding carboxylic acids is 1. The lowest BCUT2D eigenvalue weighted by Gasteiger charge is -2.14. The highest BCUT2D eigenvalue weighted by molar-refractivity contribution is 5.94. The summed E-state index contributed by atoms with van der Waals surface area (Å²) >= 11 is 0. The molecule has 7 heteroatoms. The zero-order valence-corrected chi connectivity index (χ0v) is 13.4. The molecule has 2 N–H and O–H groups in total. The molecule has 3 aromatic rings. The Kier molecular flexibility index (Phi) is 3.50. The maximum atomic E-state index is 12.7. The summed E-state index contributed by atoms with van der Waals surface area (Å²) in [6.45, 7) is 3.10. The van der Waals surface area contributed by atoms with E-state index in [1.165, 1.54) is 0 Å². The largest absolute Gasteiger partial charge is 0.336 e. The fourth-order valence-corrected chi connectivity index (χ4v) is 3.15. The smallest absolute Gasteiger partial charge is 0.276 e. The molecule has 0 radical (unpaired) electrons. The second-order valence-corrected chi connectivity index (χ2v) is 6.08. The number of aromatic nitrogens is 4. The molecule has 0 saturated carbocycles. The summed E-state index contributed by atoms with van der Waals surface area (Å²) in [6, 6.07) is 9.74. The highest BCUT2D eigenvalue weighted by atomic mass is 16.2. The summed E-state index contributed by atoms with van der Waals surface area (Å²) in [7, 11) is 0. The van der Waals surface area contributed by atoms with Gasteiger partial charge in [-0.3, -0.25) is 9.78 Å². The Morgan fingerprint density at radius 3 is 2.96 bits per heavy atom. The quantitative estimate of drug-likeness (QED) is 0.768. The molecular formula is C17H18N6O. The Balaban J connectivity index is 1.75. The van der Waals surface area contributed by atoms with Gasteiger partial charge in [-0.15, -0.1) is 5.10 Å². The molecule has 2 aromatic heterocycles. The van der Waals surface area contributed by atoms with Gasteiger partial charge in [-0.1, -0.05) is 11.3 Å². The van der Waals surface area contributed by atoms with Crippen LogP contribution in [-0.4, -0.2) is 49.9 Å². The third-order valence-corrected chi connectivity index (χ3v) is 4.46. The normalized spacial score (nSPS) is 17.6. The summed E-state index contributed by atoms with van der Waals surface area (Å²) in [6.07, 6.45) is 2.58. The van der Waals surface area contributed by atoms with Gasteiger partial charge in [0.05, 0.1) is 16.9 Å². The second kappa shape index (κ2) is 5.68. The lowest BCUT2D eigenvalue weighted by molar-refractivity contribution is 0.0784. The van der Waals surface area contributed by atoms with Crippen LogP contribution in [0.15, 0.2) is 36.5 Å². The predicted molar refractivity (Wildman–Crippen MR) is 89.9 cm³/mol. The van der Waals surface area contributed by atoms with Gasteiger partial charge < -0.3 is 10.6 Å². The molecule has 4 rings (SSSR count). The topological polar surface area (TPSA) is 89.9 Å². The highest BCUT2D eigenvalue weighted by Crippen LogP contribution is 2.22. The van der Waals surface area contributed by atoms with E-state index in [1.807, 2.05) is 37.3 Å². The van der Waals surface area contributed by atoms with Crippen molar-refractivity contribution in [3.63, 3.8) is 0 Å². The van der Waals surface area contributed by atoms with Crippen LogP contribution in [0.4, 0.5) is 0 Å². The van der Waals surface area contributed by atoms with Crippen LogP contribution in [0, 0.1) is 6.92 Å². The van der Waals surface area contributed by atoms with Crippen molar-refractivity contribution in [3.05, 3.63) is 47.9 Å². The van der Waals surface area contributed by atoms with Crippen molar-refractivity contribution < 1.29 is 4.79 Å². The van der Waals surface area contributed by atoms with E-state index in [2.05, 4.69) is 15.3 Å². The minimum atomic E-state index is -0.106. The second-order valence-electron chi connectivity index (χ2n) is 6.08. The monoisotopic (exact) mass is 322 g/mol. The van der Waals surface area contributed by atoms with E-state index < -0.39 is 0 Å². The predicted octanol–water partition coefficient (Wildman–Crippen LogP) is 1.30. The van der Waals surface area contributed by atoms with Gasteiger partial charge in [0.1, 0.15) is 0 Å². The lowest BCUT2D eigenvalue weighted by Crippen LogP contribution is -2.32. The maximum absolute atomic E-state index is 12.7. The maximum Gasteiger partial charge on any atom is 0.276 e. The highest BCUT2D eigenvalue weighted by Gasteiger charge is 2.28. The number of rotatable bonds is 2. The molecule has 1 saturated heterocycles. The summed E-state index contributed by atoms with van der Waals surface area (Å²) in [5.41, 5.74) is 8.74. The average molecular weight is 322 g/mol. The van der Waals surface area contributed by atoms with E-state index in [9.17, 15) is 4.79 Å². The van der Waals surface area contributed by atoms with Gasteiger partial charge >= 0.3 is 0 Å². The lowest BCUT2D eigenvalue weighted by atomic mass is 10.2. The van der Waals surface area contributed by atoms with Gasteiger partial charge in [0, 0.05) is 30.7 Å². The van der Waals surface area contributed by atoms with Gasteiger partial charge in [0.2, 0.25) is 0 Å². The third kappa shape index (κ3) is 2.33. The molecule has 0 spiro atoms. The summed E-state index contributed by atoms with van der Waals surface area (Å²) < 4.78 is 1.70. The fraction of sp³-hybridized carbons (Fsp3) is 0.294. The van der Waals surface area contributed by atoms with Crippen molar-refractivity contribution in [2.45, 2.75) is 19.4 Å². The Hall–Kier alpha value is -2.80. The molecule has 1 amide bonds. The molecule has 0 unspecified atom stereocenters. The minimum Gasteiger partial charge on any atom is -0.336 e. The van der Waals surface area contributed by atoms with E-state index in [0.29, 0.717) is 18.8 Å². The molecule has 1 aliphatic rings. The first kappa shape index (κ1) is 14.8. The van der Waals surface area contributed by atoms with Crippen LogP contribution in [0.25, 0.3) is 16.6 Å². The number of fused-ring (bicyclic) bond motifs is 1. The Morgan fingerprint density at radius 1 is 1.29 bits per heavy atom. The van der Waals surface area contributed by atoms with Crippen LogP contribution in [0.5, 0.6) is 0 Å². The molecule has 0 bridgehead atoms. The minimum absolute atomic E-state index is 0.0495. The number of likely N-dealkylation sites (tertiary alicyclic amines) is 1. The van der Waals surface area contributed by atoms with Crippen molar-refractivity contribution in [2.24, 2.45) is 5.73 Å². The molecule has 0 aliphatic carbocycles. The molecule has 7 nitrogen and oxygen atoms in total. The van der Waals surface area contributed by atoms with Crippen LogP contribution in [-0.2, 0) is 0 Å². The number of nitrogens with zero attached hydrogens (tertiary/aromatic N) is 5. The molecule has 3 heterocycles. The van der Waals surface area contributed by atoms with Crippen LogP contribution < -0.4 is 5.73 Å². The van der Waals surface area contributed by atoms with E-state index in [1.54, 1.807) is 15.8 Å². The van der Waals surface area contributed by atoms with Gasteiger partial charge in [-0.25, -0.2) is 4.68 Å². The standard InChI is InChI=1S/C17H18N6O/c1-11-16(17(24)22-9-7-12(18)10-22)20-21-23(11)15-6-2-5-14-13(15)4-3-8-19-14/h2-6,8,12H,7,9-10,18H2,1H3/t12-/m1/s1. The Labute approximate surface area is 139 Å². The molecule has 122 valence electrons. The van der Waals surface area contributed by atoms with Crippen molar-refractivity contribution in [2.75, 3.05) is 13.1 Å². The third-order valence-electron chi connectivity index (χ3n) is 4.46. The first-order valence-electron chi connectivity index (χ1n) is 7.96. The number of pyridine rings is 1. The van der Waals surface area contributed by atoms with Gasteiger partial charge in [-0.2, -0.15) is 0 Å². The van der Waals surface area contributed by atoms with Crippen molar-refractivity contribution in [1.82, 2.24) is 24.9 Å². The first-order chi connectivity index (χ1) is 11.6. The Morgan fingerprint density at radius 2 is 2.17 bits per heavy atom. The van der Waals surface area contributed by atoms with E-state index in [0.717, 1.165) is 28.7 Å². The zero-order valence-electron chi connectivity index (χ0n) is 13.4. The van der Waals surface area contributed by atoms with Gasteiger partial charge in [0.15, 0.2) is 5.69 Å². The molecule has 1 fully saturated rings. The molecule has 24 heavy (non-hydrogen) atoms. The van der Waals surface area contributed by atoms with Gasteiger partial charge in [-0.05, 0) is 37.6 Å². The van der Waals surface area contributed by atoms with Crippen LogP contribution in [0.3, 0.4) is 0 Å². The number of hydrogen-bond acceptors (Lipinski definition) is 5. The van der Waals surface area contributed by atoms with Crippen LogP contribution >= 0.6 is 0 Å². The Bertz CT molecular complexity index is 913. The molecule has 1 aliphatic heterocycles. The number of benzene rings is 1. The van der Waals surface area contributed by atoms with Crippen LogP contribution in [0.2, 0.25) is 0 Å². The summed E-state index contributed by atoms with van der Waals surface area (Å²) in [4.78, 5) is 18.8. The van der Waals surface area contributed by atoms with Crippen molar-refractivity contribution in [1.29, 1.82) is 0 Å². The SMILES string of the molecule is Cc1c(C(=O)N2CC[C@@H](N)C2)nnn1-c1cccc2ncccc12. The number of carbonyl (C=O) groups is 1. The fourth-order valence-electron chi connectivity index (χ4n) is 3.15. The first-order valence-corrected chi connectivity index (χ1v) is 7.96. The number of hydrogen-bond donors (Lipinski definition) is 1. The number of amides is 1. The molecule has 1 aromatic carbocycles. The van der Waals surface area contributed by atoms with Gasteiger partial charge in [0.25, 0.3) is 5.91 Å².